The molecule has 2 rings (SSSR count). The minimum absolute atomic E-state index is 0. The summed E-state index contributed by atoms with van der Waals surface area (Å²) in [5.41, 5.74) is 0.559. The number of benzene rings is 1. The molecule has 1 aliphatic heterocycles. The Morgan fingerprint density at radius 2 is 1.96 bits per heavy atom. The van der Waals surface area contributed by atoms with E-state index in [-0.39, 0.29) is 29.9 Å². The summed E-state index contributed by atoms with van der Waals surface area (Å²) in [6.45, 7) is 3.35. The highest BCUT2D eigenvalue weighted by molar-refractivity contribution is 5.93. The molecule has 0 atom stereocenters. The van der Waals surface area contributed by atoms with Gasteiger partial charge in [-0.2, -0.15) is 0 Å². The first-order chi connectivity index (χ1) is 10.5. The monoisotopic (exact) mass is 343 g/mol. The number of carbonyl (C=O) groups excluding carboxylic acids is 2. The van der Waals surface area contributed by atoms with Crippen LogP contribution in [0.15, 0.2) is 18.2 Å². The first kappa shape index (κ1) is 19.4. The van der Waals surface area contributed by atoms with Crippen molar-refractivity contribution in [1.29, 1.82) is 0 Å². The van der Waals surface area contributed by atoms with E-state index in [9.17, 15) is 14.0 Å². The van der Waals surface area contributed by atoms with Crippen LogP contribution in [0, 0.1) is 11.7 Å². The lowest BCUT2D eigenvalue weighted by atomic mass is 9.93. The van der Waals surface area contributed by atoms with Gasteiger partial charge in [0, 0.05) is 19.0 Å². The third-order valence-corrected chi connectivity index (χ3v) is 3.80. The van der Waals surface area contributed by atoms with Crippen LogP contribution >= 0.6 is 12.4 Å². The van der Waals surface area contributed by atoms with E-state index in [4.69, 9.17) is 0 Å². The van der Waals surface area contributed by atoms with Crippen molar-refractivity contribution >= 4 is 35.6 Å². The molecule has 23 heavy (non-hydrogen) atoms. The maximum atomic E-state index is 13.5. The number of carbonyl (C=O) groups is 2. The molecular formula is C16H23ClFN3O2. The molecule has 0 radical (unpaired) electrons. The van der Waals surface area contributed by atoms with E-state index in [2.05, 4.69) is 16.0 Å². The number of amides is 2. The zero-order chi connectivity index (χ0) is 15.9. The van der Waals surface area contributed by atoms with Crippen LogP contribution in [0.3, 0.4) is 0 Å². The largest absolute Gasteiger partial charge is 0.326 e. The van der Waals surface area contributed by atoms with Crippen molar-refractivity contribution in [1.82, 2.24) is 5.32 Å². The molecule has 3 N–H and O–H groups in total. The van der Waals surface area contributed by atoms with Crippen LogP contribution in [0.5, 0.6) is 0 Å². The van der Waals surface area contributed by atoms with E-state index in [1.807, 2.05) is 0 Å². The second kappa shape index (κ2) is 9.47. The van der Waals surface area contributed by atoms with Gasteiger partial charge in [0.25, 0.3) is 0 Å². The quantitative estimate of drug-likeness (QED) is 0.770. The first-order valence-corrected chi connectivity index (χ1v) is 7.62. The minimum Gasteiger partial charge on any atom is -0.326 e. The number of piperidine rings is 1. The van der Waals surface area contributed by atoms with Crippen LogP contribution < -0.4 is 16.0 Å². The zero-order valence-electron chi connectivity index (χ0n) is 13.2. The highest BCUT2D eigenvalue weighted by Gasteiger charge is 2.15. The summed E-state index contributed by atoms with van der Waals surface area (Å²) >= 11 is 0. The molecule has 0 unspecified atom stereocenters. The van der Waals surface area contributed by atoms with Gasteiger partial charge in [-0.05, 0) is 56.5 Å². The van der Waals surface area contributed by atoms with Gasteiger partial charge in [-0.15, -0.1) is 12.4 Å². The summed E-state index contributed by atoms with van der Waals surface area (Å²) in [5, 5.41) is 8.45. The molecule has 5 nitrogen and oxygen atoms in total. The normalized spacial score (nSPS) is 14.7. The molecule has 1 aromatic rings. The van der Waals surface area contributed by atoms with Gasteiger partial charge in [0.15, 0.2) is 0 Å². The maximum absolute atomic E-state index is 13.5. The second-order valence-corrected chi connectivity index (χ2v) is 5.66. The van der Waals surface area contributed by atoms with E-state index in [0.29, 0.717) is 18.0 Å². The lowest BCUT2D eigenvalue weighted by Crippen LogP contribution is -2.28. The second-order valence-electron chi connectivity index (χ2n) is 5.66. The third-order valence-electron chi connectivity index (χ3n) is 3.80. The fourth-order valence-corrected chi connectivity index (χ4v) is 2.62. The number of nitrogens with one attached hydrogen (secondary N) is 3. The Labute approximate surface area is 141 Å². The van der Waals surface area contributed by atoms with Crippen LogP contribution in [0.2, 0.25) is 0 Å². The third kappa shape index (κ3) is 6.54. The Kier molecular flexibility index (Phi) is 7.98. The number of halogens is 2. The van der Waals surface area contributed by atoms with E-state index < -0.39 is 5.82 Å². The highest BCUT2D eigenvalue weighted by Crippen LogP contribution is 2.21. The van der Waals surface area contributed by atoms with Gasteiger partial charge in [0.2, 0.25) is 11.8 Å². The molecule has 2 amide bonds. The van der Waals surface area contributed by atoms with Crippen molar-refractivity contribution < 1.29 is 14.0 Å². The summed E-state index contributed by atoms with van der Waals surface area (Å²) in [4.78, 5) is 23.0. The smallest absolute Gasteiger partial charge is 0.224 e. The summed E-state index contributed by atoms with van der Waals surface area (Å²) in [6.07, 6.45) is 3.54. The van der Waals surface area contributed by atoms with Crippen molar-refractivity contribution in [2.75, 3.05) is 23.7 Å². The number of hydrogen-bond acceptors (Lipinski definition) is 3. The van der Waals surface area contributed by atoms with E-state index in [1.54, 1.807) is 0 Å². The fourth-order valence-electron chi connectivity index (χ4n) is 2.62. The molecule has 1 fully saturated rings. The molecule has 1 aromatic carbocycles. The number of rotatable bonds is 5. The van der Waals surface area contributed by atoms with Gasteiger partial charge in [-0.3, -0.25) is 9.59 Å². The average molecular weight is 344 g/mol. The topological polar surface area (TPSA) is 70.2 Å². The highest BCUT2D eigenvalue weighted by atomic mass is 35.5. The Morgan fingerprint density at radius 3 is 2.61 bits per heavy atom. The predicted molar refractivity (Wildman–Crippen MR) is 91.4 cm³/mol. The first-order valence-electron chi connectivity index (χ1n) is 7.62. The molecule has 0 aromatic heterocycles. The predicted octanol–water partition coefficient (Wildman–Crippen LogP) is 2.92. The van der Waals surface area contributed by atoms with Crippen molar-refractivity contribution in [2.45, 2.75) is 32.6 Å². The van der Waals surface area contributed by atoms with Crippen LogP contribution in [-0.2, 0) is 9.59 Å². The molecular weight excluding hydrogens is 321 g/mol. The number of hydrogen-bond donors (Lipinski definition) is 3. The summed E-state index contributed by atoms with van der Waals surface area (Å²) in [7, 11) is 0. The van der Waals surface area contributed by atoms with Crippen LogP contribution in [0.4, 0.5) is 15.8 Å². The average Bonchev–Trinajstić information content (AvgIpc) is 2.49. The summed E-state index contributed by atoms with van der Waals surface area (Å²) in [5.74, 6) is -0.370. The standard InChI is InChI=1S/C16H22FN3O2.ClH/c1-11(21)19-15-10-13(3-4-14(15)17)20-16(22)5-2-12-6-8-18-9-7-12;/h3-4,10,12,18H,2,5-9H2,1H3,(H,19,21)(H,20,22);1H. The Balaban J connectivity index is 0.00000264. The lowest BCUT2D eigenvalue weighted by Gasteiger charge is -2.22. The molecule has 7 heteroatoms. The molecule has 0 bridgehead atoms. The van der Waals surface area contributed by atoms with E-state index >= 15 is 0 Å². The van der Waals surface area contributed by atoms with E-state index in [1.165, 1.54) is 25.1 Å². The molecule has 128 valence electrons. The molecule has 0 aliphatic carbocycles. The molecule has 0 saturated carbocycles. The molecule has 1 saturated heterocycles. The fraction of sp³-hybridized carbons (Fsp3) is 0.500. The van der Waals surface area contributed by atoms with Crippen molar-refractivity contribution in [3.05, 3.63) is 24.0 Å². The van der Waals surface area contributed by atoms with E-state index in [0.717, 1.165) is 32.4 Å². The van der Waals surface area contributed by atoms with Gasteiger partial charge >= 0.3 is 0 Å². The van der Waals surface area contributed by atoms with Crippen LogP contribution in [0.25, 0.3) is 0 Å². The maximum Gasteiger partial charge on any atom is 0.224 e. The molecule has 1 aliphatic rings. The minimum atomic E-state index is -0.525. The van der Waals surface area contributed by atoms with Gasteiger partial charge in [0.1, 0.15) is 5.82 Å². The van der Waals surface area contributed by atoms with Gasteiger partial charge in [-0.25, -0.2) is 4.39 Å². The van der Waals surface area contributed by atoms with Crippen molar-refractivity contribution in [3.8, 4) is 0 Å². The summed E-state index contributed by atoms with van der Waals surface area (Å²) < 4.78 is 13.5. The summed E-state index contributed by atoms with van der Waals surface area (Å²) in [6, 6.07) is 4.15. The molecule has 0 spiro atoms. The Morgan fingerprint density at radius 1 is 1.26 bits per heavy atom. The van der Waals surface area contributed by atoms with Gasteiger partial charge in [0.05, 0.1) is 5.69 Å². The SMILES string of the molecule is CC(=O)Nc1cc(NC(=O)CCC2CCNCC2)ccc1F.Cl. The van der Waals surface area contributed by atoms with Crippen molar-refractivity contribution in [3.63, 3.8) is 0 Å². The van der Waals surface area contributed by atoms with Gasteiger partial charge < -0.3 is 16.0 Å². The Hall–Kier alpha value is -1.66. The van der Waals surface area contributed by atoms with Crippen LogP contribution in [-0.4, -0.2) is 24.9 Å². The Bertz CT molecular complexity index is 548. The number of anilines is 2. The van der Waals surface area contributed by atoms with Gasteiger partial charge in [-0.1, -0.05) is 0 Å². The van der Waals surface area contributed by atoms with Crippen LogP contribution in [0.1, 0.15) is 32.6 Å². The lowest BCUT2D eigenvalue weighted by molar-refractivity contribution is -0.116. The zero-order valence-corrected chi connectivity index (χ0v) is 14.0. The van der Waals surface area contributed by atoms with Crippen molar-refractivity contribution in [2.24, 2.45) is 5.92 Å². The molecule has 1 heterocycles.